The van der Waals surface area contributed by atoms with E-state index in [1.807, 2.05) is 12.1 Å². The van der Waals surface area contributed by atoms with E-state index in [-0.39, 0.29) is 0 Å². The normalized spacial score (nSPS) is 12.1. The van der Waals surface area contributed by atoms with Gasteiger partial charge in [0, 0.05) is 0 Å². The van der Waals surface area contributed by atoms with E-state index >= 15 is 0 Å². The molecule has 2 rings (SSSR count). The number of H-pyrrole nitrogens is 1. The first-order valence-electron chi connectivity index (χ1n) is 4.76. The van der Waals surface area contributed by atoms with E-state index in [9.17, 15) is 31.1 Å². The molecule has 0 unspecified atom stereocenters. The highest BCUT2D eigenvalue weighted by Crippen LogP contribution is 2.35. The summed E-state index contributed by atoms with van der Waals surface area (Å²) in [5.41, 5.74) is 1.35. The van der Waals surface area contributed by atoms with Gasteiger partial charge in [-0.25, -0.2) is 9.18 Å². The molecule has 19 heavy (non-hydrogen) atoms. The predicted octanol–water partition coefficient (Wildman–Crippen LogP) is 3.27. The van der Waals surface area contributed by atoms with Crippen LogP contribution in [0.25, 0.3) is 11.1 Å². The van der Waals surface area contributed by atoms with Gasteiger partial charge < -0.3 is 4.42 Å². The fourth-order valence-electron chi connectivity index (χ4n) is 0.970. The van der Waals surface area contributed by atoms with Crippen molar-refractivity contribution in [2.75, 3.05) is 6.67 Å². The summed E-state index contributed by atoms with van der Waals surface area (Å²) in [4.78, 5) is 13.1. The zero-order valence-corrected chi connectivity index (χ0v) is 9.10. The Hall–Kier alpha value is -1.93. The van der Waals surface area contributed by atoms with Gasteiger partial charge in [-0.05, 0) is 12.1 Å². The topological polar surface area (TPSA) is 46.0 Å². The van der Waals surface area contributed by atoms with Gasteiger partial charge in [0.1, 0.15) is 0 Å². The van der Waals surface area contributed by atoms with E-state index in [0.29, 0.717) is 5.58 Å². The molecule has 0 amide bonds. The number of aromatic amines is 1. The molecule has 0 fully saturated rings. The van der Waals surface area contributed by atoms with Gasteiger partial charge >= 0.3 is 17.9 Å². The highest BCUT2D eigenvalue weighted by atomic mass is 19.4. The van der Waals surface area contributed by atoms with Gasteiger partial charge in [-0.2, -0.15) is 22.0 Å². The summed E-state index contributed by atoms with van der Waals surface area (Å²) >= 11 is 0. The summed E-state index contributed by atoms with van der Waals surface area (Å²) in [6.07, 6.45) is -5.76. The van der Waals surface area contributed by atoms with Crippen LogP contribution in [0.5, 0.6) is 0 Å². The number of aromatic nitrogens is 1. The third-order valence-corrected chi connectivity index (χ3v) is 1.91. The van der Waals surface area contributed by atoms with E-state index in [4.69, 9.17) is 4.42 Å². The Morgan fingerprint density at radius 3 is 2.11 bits per heavy atom. The number of oxazole rings is 1. The predicted molar refractivity (Wildman–Crippen MR) is 53.8 cm³/mol. The Morgan fingerprint density at radius 2 is 1.68 bits per heavy atom. The summed E-state index contributed by atoms with van der Waals surface area (Å²) in [5, 5.41) is 0. The number of para-hydroxylation sites is 2. The molecule has 0 saturated heterocycles. The molecule has 0 saturated carbocycles. The maximum Gasteiger partial charge on any atom is 0.456 e. The molecule has 1 aromatic heterocycles. The number of fused-ring (bicyclic) bond motifs is 1. The molecule has 0 aliphatic carbocycles. The molecular weight excluding hydrogens is 280 g/mol. The van der Waals surface area contributed by atoms with Gasteiger partial charge in [-0.3, -0.25) is 4.98 Å². The zero-order valence-electron chi connectivity index (χ0n) is 9.10. The third-order valence-electron chi connectivity index (χ3n) is 1.91. The van der Waals surface area contributed by atoms with Crippen molar-refractivity contribution < 1.29 is 30.8 Å². The molecule has 3 nitrogen and oxygen atoms in total. The van der Waals surface area contributed by atoms with E-state index < -0.39 is 24.5 Å². The number of rotatable bonds is 1. The van der Waals surface area contributed by atoms with Crippen LogP contribution >= 0.6 is 0 Å². The number of nitrogens with one attached hydrogen (secondary N) is 1. The average Bonchev–Trinajstić information content (AvgIpc) is 2.68. The van der Waals surface area contributed by atoms with Crippen molar-refractivity contribution in [1.29, 1.82) is 0 Å². The Kier molecular flexibility index (Phi) is 4.28. The SMILES string of the molecule is FCC(F)(F)C(F)(F)F.O=c1[nH]c2ccccc2o1. The van der Waals surface area contributed by atoms with Crippen molar-refractivity contribution in [2.24, 2.45) is 0 Å². The van der Waals surface area contributed by atoms with Gasteiger partial charge in [0.25, 0.3) is 0 Å². The zero-order chi connectivity index (χ0) is 14.7. The minimum atomic E-state index is -5.76. The smallest absolute Gasteiger partial charge is 0.408 e. The molecule has 1 aromatic carbocycles. The second-order valence-electron chi connectivity index (χ2n) is 3.35. The minimum Gasteiger partial charge on any atom is -0.408 e. The van der Waals surface area contributed by atoms with Gasteiger partial charge in [0.05, 0.1) is 5.52 Å². The van der Waals surface area contributed by atoms with Crippen LogP contribution in [0.4, 0.5) is 26.3 Å². The van der Waals surface area contributed by atoms with Crippen LogP contribution in [-0.2, 0) is 0 Å². The van der Waals surface area contributed by atoms with Gasteiger partial charge in [-0.1, -0.05) is 12.1 Å². The molecule has 1 N–H and O–H groups in total. The molecule has 0 aliphatic heterocycles. The van der Waals surface area contributed by atoms with Crippen LogP contribution in [0, 0.1) is 0 Å². The maximum atomic E-state index is 11.2. The Balaban J connectivity index is 0.000000192. The maximum absolute atomic E-state index is 11.2. The largest absolute Gasteiger partial charge is 0.456 e. The number of hydrogen-bond acceptors (Lipinski definition) is 2. The van der Waals surface area contributed by atoms with Gasteiger partial charge in [0.2, 0.25) is 0 Å². The number of hydrogen-bond donors (Lipinski definition) is 1. The quantitative estimate of drug-likeness (QED) is 0.818. The van der Waals surface area contributed by atoms with Crippen molar-refractivity contribution in [3.05, 3.63) is 34.8 Å². The fourth-order valence-corrected chi connectivity index (χ4v) is 0.970. The van der Waals surface area contributed by atoms with E-state index in [1.54, 1.807) is 12.1 Å². The average molecular weight is 287 g/mol. The second kappa shape index (κ2) is 5.37. The first-order valence-corrected chi connectivity index (χ1v) is 4.76. The molecule has 0 spiro atoms. The van der Waals surface area contributed by atoms with Crippen molar-refractivity contribution >= 4 is 11.1 Å². The summed E-state index contributed by atoms with van der Waals surface area (Å²) < 4.78 is 70.4. The molecule has 1 heterocycles. The molecule has 0 atom stereocenters. The van der Waals surface area contributed by atoms with Gasteiger partial charge in [-0.15, -0.1) is 0 Å². The third kappa shape index (κ3) is 3.76. The fraction of sp³-hybridized carbons (Fsp3) is 0.300. The Morgan fingerprint density at radius 1 is 1.11 bits per heavy atom. The van der Waals surface area contributed by atoms with Crippen molar-refractivity contribution in [3.8, 4) is 0 Å². The lowest BCUT2D eigenvalue weighted by atomic mass is 10.3. The lowest BCUT2D eigenvalue weighted by Gasteiger charge is -2.14. The van der Waals surface area contributed by atoms with Crippen molar-refractivity contribution in [2.45, 2.75) is 12.1 Å². The van der Waals surface area contributed by atoms with E-state index in [0.717, 1.165) is 5.52 Å². The van der Waals surface area contributed by atoms with Crippen LogP contribution in [0.3, 0.4) is 0 Å². The molecule has 0 bridgehead atoms. The highest BCUT2D eigenvalue weighted by molar-refractivity contribution is 5.71. The monoisotopic (exact) mass is 287 g/mol. The number of halogens is 6. The molecular formula is C10H7F6NO2. The summed E-state index contributed by atoms with van der Waals surface area (Å²) in [6, 6.07) is 7.19. The molecule has 106 valence electrons. The van der Waals surface area contributed by atoms with E-state index in [1.165, 1.54) is 0 Å². The summed E-state index contributed by atoms with van der Waals surface area (Å²) in [7, 11) is 0. The summed E-state index contributed by atoms with van der Waals surface area (Å²) in [6.45, 7) is -2.70. The second-order valence-corrected chi connectivity index (χ2v) is 3.35. The number of alkyl halides is 6. The minimum absolute atomic E-state index is 0.402. The molecule has 9 heteroatoms. The van der Waals surface area contributed by atoms with Crippen molar-refractivity contribution in [3.63, 3.8) is 0 Å². The highest BCUT2D eigenvalue weighted by Gasteiger charge is 2.57. The van der Waals surface area contributed by atoms with Crippen LogP contribution in [0.15, 0.2) is 33.5 Å². The Labute approximate surface area is 101 Å². The number of benzene rings is 1. The Bertz CT molecular complexity index is 549. The molecule has 0 aliphatic rings. The lowest BCUT2D eigenvalue weighted by Crippen LogP contribution is -2.38. The summed E-state index contributed by atoms with van der Waals surface area (Å²) in [5.74, 6) is -5.59. The first-order chi connectivity index (χ1) is 8.67. The molecule has 0 radical (unpaired) electrons. The van der Waals surface area contributed by atoms with Crippen LogP contribution in [0.1, 0.15) is 0 Å². The van der Waals surface area contributed by atoms with E-state index in [2.05, 4.69) is 4.98 Å². The van der Waals surface area contributed by atoms with Crippen LogP contribution < -0.4 is 5.76 Å². The van der Waals surface area contributed by atoms with Crippen LogP contribution in [-0.4, -0.2) is 23.8 Å². The molecule has 2 aromatic rings. The van der Waals surface area contributed by atoms with Crippen LogP contribution in [0.2, 0.25) is 0 Å². The first kappa shape index (κ1) is 15.1. The van der Waals surface area contributed by atoms with Gasteiger partial charge in [0.15, 0.2) is 12.3 Å². The standard InChI is InChI=1S/C7H5NO2.C3H2F6/c9-7-8-5-3-1-2-4-6(5)10-7;4-1-2(5,6)3(7,8)9/h1-4H,(H,8,9);1H2. The lowest BCUT2D eigenvalue weighted by molar-refractivity contribution is -0.286. The van der Waals surface area contributed by atoms with Crippen molar-refractivity contribution in [1.82, 2.24) is 4.98 Å².